The van der Waals surface area contributed by atoms with Crippen LogP contribution in [0.25, 0.3) is 6.08 Å². The van der Waals surface area contributed by atoms with Crippen molar-refractivity contribution in [3.05, 3.63) is 29.5 Å². The molecule has 1 rings (SSSR count). The van der Waals surface area contributed by atoms with Crippen LogP contribution in [0.5, 0.6) is 5.88 Å². The number of aliphatic carboxylic acids is 1. The van der Waals surface area contributed by atoms with Crippen LogP contribution >= 0.6 is 0 Å². The Morgan fingerprint density at radius 1 is 1.44 bits per heavy atom. The number of aromatic nitrogens is 1. The Morgan fingerprint density at radius 2 is 2.06 bits per heavy atom. The fourth-order valence-corrected chi connectivity index (χ4v) is 0.913. The van der Waals surface area contributed by atoms with E-state index in [-0.39, 0.29) is 5.56 Å². The van der Waals surface area contributed by atoms with Gasteiger partial charge in [0.1, 0.15) is 0 Å². The SMILES string of the molecule is O=C(O)/C=C/c1cc(C(F)(F)F)cnc1O. The van der Waals surface area contributed by atoms with Gasteiger partial charge in [0.25, 0.3) is 0 Å². The Hall–Kier alpha value is -2.05. The zero-order valence-electron chi connectivity index (χ0n) is 7.69. The Bertz CT molecular complexity index is 440. The molecule has 0 atom stereocenters. The smallest absolute Gasteiger partial charge is 0.417 e. The number of aromatic hydroxyl groups is 1. The van der Waals surface area contributed by atoms with Crippen molar-refractivity contribution in [2.24, 2.45) is 0 Å². The minimum atomic E-state index is -4.59. The highest BCUT2D eigenvalue weighted by Crippen LogP contribution is 2.31. The van der Waals surface area contributed by atoms with Gasteiger partial charge in [0, 0.05) is 17.8 Å². The van der Waals surface area contributed by atoms with Crippen LogP contribution in [0.3, 0.4) is 0 Å². The van der Waals surface area contributed by atoms with E-state index in [0.717, 1.165) is 6.08 Å². The first-order chi connectivity index (χ1) is 7.30. The summed E-state index contributed by atoms with van der Waals surface area (Å²) in [7, 11) is 0. The minimum Gasteiger partial charge on any atom is -0.493 e. The molecule has 0 spiro atoms. The summed E-state index contributed by atoms with van der Waals surface area (Å²) < 4.78 is 36.7. The molecule has 7 heteroatoms. The molecule has 1 heterocycles. The number of nitrogens with zero attached hydrogens (tertiary/aromatic N) is 1. The Morgan fingerprint density at radius 3 is 2.56 bits per heavy atom. The lowest BCUT2D eigenvalue weighted by molar-refractivity contribution is -0.138. The Balaban J connectivity index is 3.14. The predicted octanol–water partition coefficient (Wildman–Crippen LogP) is 1.90. The van der Waals surface area contributed by atoms with Crippen molar-refractivity contribution in [3.8, 4) is 5.88 Å². The number of carbonyl (C=O) groups is 1. The van der Waals surface area contributed by atoms with Crippen molar-refractivity contribution in [2.45, 2.75) is 6.18 Å². The number of rotatable bonds is 2. The van der Waals surface area contributed by atoms with Gasteiger partial charge in [0.15, 0.2) is 0 Å². The maximum atomic E-state index is 12.2. The van der Waals surface area contributed by atoms with Crippen LogP contribution in [0, 0.1) is 0 Å². The summed E-state index contributed by atoms with van der Waals surface area (Å²) in [5.41, 5.74) is -1.37. The van der Waals surface area contributed by atoms with E-state index >= 15 is 0 Å². The van der Waals surface area contributed by atoms with E-state index in [4.69, 9.17) is 10.2 Å². The Kier molecular flexibility index (Phi) is 3.17. The molecule has 0 saturated heterocycles. The van der Waals surface area contributed by atoms with Crippen molar-refractivity contribution in [2.75, 3.05) is 0 Å². The van der Waals surface area contributed by atoms with Gasteiger partial charge >= 0.3 is 12.1 Å². The second kappa shape index (κ2) is 4.21. The molecule has 0 aliphatic carbocycles. The van der Waals surface area contributed by atoms with Gasteiger partial charge in [-0.3, -0.25) is 0 Å². The van der Waals surface area contributed by atoms with Crippen LogP contribution < -0.4 is 0 Å². The Labute approximate surface area is 87.7 Å². The van der Waals surface area contributed by atoms with Crippen LogP contribution in [0.1, 0.15) is 11.1 Å². The fourth-order valence-electron chi connectivity index (χ4n) is 0.913. The summed E-state index contributed by atoms with van der Waals surface area (Å²) in [6.45, 7) is 0. The van der Waals surface area contributed by atoms with E-state index in [0.29, 0.717) is 18.3 Å². The molecule has 1 aromatic rings. The standard InChI is InChI=1S/C9H6F3NO3/c10-9(11,12)6-3-5(1-2-7(14)15)8(16)13-4-6/h1-4H,(H,13,16)(H,14,15)/b2-1+. The lowest BCUT2D eigenvalue weighted by Crippen LogP contribution is -2.05. The highest BCUT2D eigenvalue weighted by atomic mass is 19.4. The summed E-state index contributed by atoms with van der Waals surface area (Å²) >= 11 is 0. The van der Waals surface area contributed by atoms with Gasteiger partial charge in [-0.15, -0.1) is 0 Å². The first-order valence-corrected chi connectivity index (χ1v) is 3.98. The van der Waals surface area contributed by atoms with E-state index < -0.39 is 23.6 Å². The molecule has 0 bridgehead atoms. The van der Waals surface area contributed by atoms with Gasteiger partial charge in [-0.05, 0) is 12.1 Å². The van der Waals surface area contributed by atoms with Crippen molar-refractivity contribution in [1.29, 1.82) is 0 Å². The first-order valence-electron chi connectivity index (χ1n) is 3.98. The highest BCUT2D eigenvalue weighted by molar-refractivity contribution is 5.85. The molecular formula is C9H6F3NO3. The maximum absolute atomic E-state index is 12.2. The van der Waals surface area contributed by atoms with Crippen molar-refractivity contribution in [3.63, 3.8) is 0 Å². The average Bonchev–Trinajstić information content (AvgIpc) is 2.14. The number of pyridine rings is 1. The number of hydrogen-bond acceptors (Lipinski definition) is 3. The molecule has 0 aromatic carbocycles. The second-order valence-corrected chi connectivity index (χ2v) is 2.81. The summed E-state index contributed by atoms with van der Waals surface area (Å²) in [6, 6.07) is 0.613. The molecule has 0 aliphatic heterocycles. The van der Waals surface area contributed by atoms with Gasteiger partial charge < -0.3 is 10.2 Å². The highest BCUT2D eigenvalue weighted by Gasteiger charge is 2.31. The van der Waals surface area contributed by atoms with Crippen molar-refractivity contribution >= 4 is 12.0 Å². The monoisotopic (exact) mass is 233 g/mol. The van der Waals surface area contributed by atoms with Gasteiger partial charge in [0.2, 0.25) is 5.88 Å². The van der Waals surface area contributed by atoms with Crippen LogP contribution in [0.4, 0.5) is 13.2 Å². The molecule has 0 saturated carbocycles. The van der Waals surface area contributed by atoms with Crippen molar-refractivity contribution in [1.82, 2.24) is 4.98 Å². The van der Waals surface area contributed by atoms with Crippen LogP contribution in [0.2, 0.25) is 0 Å². The fraction of sp³-hybridized carbons (Fsp3) is 0.111. The van der Waals surface area contributed by atoms with Crippen LogP contribution in [-0.4, -0.2) is 21.2 Å². The maximum Gasteiger partial charge on any atom is 0.417 e. The quantitative estimate of drug-likeness (QED) is 0.765. The molecule has 0 unspecified atom stereocenters. The topological polar surface area (TPSA) is 70.4 Å². The van der Waals surface area contributed by atoms with Gasteiger partial charge in [-0.2, -0.15) is 13.2 Å². The van der Waals surface area contributed by atoms with Crippen LogP contribution in [-0.2, 0) is 11.0 Å². The lowest BCUT2D eigenvalue weighted by Gasteiger charge is -2.07. The number of carboxylic acid groups (broad SMARTS) is 1. The number of alkyl halides is 3. The first kappa shape index (κ1) is 12.0. The molecule has 1 aromatic heterocycles. The molecule has 0 fully saturated rings. The molecule has 86 valence electrons. The molecular weight excluding hydrogens is 227 g/mol. The summed E-state index contributed by atoms with van der Waals surface area (Å²) in [5, 5.41) is 17.4. The number of hydrogen-bond donors (Lipinski definition) is 2. The van der Waals surface area contributed by atoms with E-state index in [9.17, 15) is 18.0 Å². The third-order valence-corrected chi connectivity index (χ3v) is 1.63. The van der Waals surface area contributed by atoms with Crippen molar-refractivity contribution < 1.29 is 28.2 Å². The lowest BCUT2D eigenvalue weighted by atomic mass is 10.2. The third-order valence-electron chi connectivity index (χ3n) is 1.63. The van der Waals surface area contributed by atoms with E-state index in [1.807, 2.05) is 0 Å². The molecule has 0 aliphatic rings. The molecule has 2 N–H and O–H groups in total. The zero-order chi connectivity index (χ0) is 12.3. The van der Waals surface area contributed by atoms with E-state index in [1.54, 1.807) is 0 Å². The largest absolute Gasteiger partial charge is 0.493 e. The number of carboxylic acids is 1. The molecule has 0 amide bonds. The minimum absolute atomic E-state index is 0.308. The van der Waals surface area contributed by atoms with Crippen LogP contribution in [0.15, 0.2) is 18.3 Å². The second-order valence-electron chi connectivity index (χ2n) is 2.81. The van der Waals surface area contributed by atoms with Gasteiger partial charge in [-0.1, -0.05) is 0 Å². The third kappa shape index (κ3) is 2.97. The molecule has 16 heavy (non-hydrogen) atoms. The normalized spacial score (nSPS) is 11.9. The summed E-state index contributed by atoms with van der Waals surface area (Å²) in [4.78, 5) is 13.3. The number of halogens is 3. The predicted molar refractivity (Wildman–Crippen MR) is 47.6 cm³/mol. The average molecular weight is 233 g/mol. The molecule has 0 radical (unpaired) electrons. The van der Waals surface area contributed by atoms with Gasteiger partial charge in [0.05, 0.1) is 5.56 Å². The zero-order valence-corrected chi connectivity index (χ0v) is 7.69. The molecule has 4 nitrogen and oxygen atoms in total. The summed E-state index contributed by atoms with van der Waals surface area (Å²) in [6.07, 6.45) is -2.68. The van der Waals surface area contributed by atoms with Gasteiger partial charge in [-0.25, -0.2) is 9.78 Å². The van der Waals surface area contributed by atoms with E-state index in [2.05, 4.69) is 4.98 Å². The summed E-state index contributed by atoms with van der Waals surface area (Å²) in [5.74, 6) is -2.00. The van der Waals surface area contributed by atoms with E-state index in [1.165, 1.54) is 0 Å².